The monoisotopic (exact) mass is 1120 g/mol. The molecule has 2 saturated heterocycles. The largest absolute Gasteiger partial charge is 0.488 e. The van der Waals surface area contributed by atoms with Crippen LogP contribution >= 0.6 is 0 Å². The van der Waals surface area contributed by atoms with Crippen molar-refractivity contribution in [2.75, 3.05) is 98.9 Å². The van der Waals surface area contributed by atoms with E-state index in [2.05, 4.69) is 60.8 Å². The standard InChI is InChI=1S/C57H55F2N19O5/c1-33-18-41(69-54-52-43(63-30-66-54)24-47-56(71-52)74-15-10-61-35(26-74)28-80-47)39(58)22-45(33)82-37-7-13-77(60)49(20-37)62-9-5-12-73(3)11-4-6-51(79)76-17-16-75-27-36(76)29-81-48-25-44-53(72-57(48)75)55(67-31-64-44)70-42-19-34(2)46(23-40(42)59)83-38-8-14-78-50(21-38)65-32-68-78/h4-9,13-14,18-25,30-32,35-36,61H,10-12,15-17,26-29,60H2,1-3H3,(H,63,66,69)(H,64,67,70)/b6-4+,9-5+,62-49-. The fourth-order valence-corrected chi connectivity index (χ4v) is 10.4. The molecule has 83 heavy (non-hydrogen) atoms. The van der Waals surface area contributed by atoms with Crippen molar-refractivity contribution in [2.45, 2.75) is 25.9 Å². The van der Waals surface area contributed by atoms with Crippen LogP contribution in [-0.4, -0.2) is 150 Å². The second-order valence-electron chi connectivity index (χ2n) is 20.5. The van der Waals surface area contributed by atoms with E-state index in [1.54, 1.807) is 71.6 Å². The summed E-state index contributed by atoms with van der Waals surface area (Å²) in [5.41, 5.74) is 4.73. The van der Waals surface area contributed by atoms with Crippen LogP contribution in [0.1, 0.15) is 11.1 Å². The summed E-state index contributed by atoms with van der Waals surface area (Å²) in [5, 5.41) is 13.8. The van der Waals surface area contributed by atoms with Gasteiger partial charge in [-0.25, -0.2) is 53.2 Å². The number of ether oxygens (including phenoxy) is 4. The number of carbonyl (C=O) groups is 1. The number of fused-ring (bicyclic) bond motifs is 11. The number of nitrogens with zero attached hydrogens (tertiary/aromatic N) is 15. The highest BCUT2D eigenvalue weighted by Gasteiger charge is 2.35. The number of nitrogen functional groups attached to an aromatic ring is 1. The number of rotatable bonds is 14. The molecule has 2 unspecified atom stereocenters. The molecule has 9 aromatic rings. The fraction of sp³-hybridized carbons (Fsp3) is 0.263. The molecule has 4 aliphatic heterocycles. The van der Waals surface area contributed by atoms with Crippen LogP contribution in [-0.2, 0) is 4.79 Å². The molecule has 2 atom stereocenters. The third-order valence-electron chi connectivity index (χ3n) is 14.7. The summed E-state index contributed by atoms with van der Waals surface area (Å²) in [4.78, 5) is 58.1. The predicted octanol–water partition coefficient (Wildman–Crippen LogP) is 6.07. The van der Waals surface area contributed by atoms with Crippen LogP contribution < -0.4 is 56.0 Å². The maximum Gasteiger partial charge on any atom is 0.246 e. The number of nitrogens with one attached hydrogen (secondary N) is 3. The third kappa shape index (κ3) is 10.9. The molecule has 0 radical (unpaired) electrons. The van der Waals surface area contributed by atoms with E-state index in [1.807, 2.05) is 48.9 Å². The van der Waals surface area contributed by atoms with Crippen molar-refractivity contribution in [3.05, 3.63) is 145 Å². The normalized spacial score (nSPS) is 16.9. The van der Waals surface area contributed by atoms with E-state index in [4.69, 9.17) is 34.8 Å². The lowest BCUT2D eigenvalue weighted by Gasteiger charge is -2.39. The van der Waals surface area contributed by atoms with Gasteiger partial charge in [-0.05, 0) is 56.3 Å². The number of hydrogen-bond acceptors (Lipinski definition) is 21. The van der Waals surface area contributed by atoms with Crippen LogP contribution in [0.4, 0.5) is 43.4 Å². The smallest absolute Gasteiger partial charge is 0.246 e. The molecular weight excluding hydrogens is 1070 g/mol. The number of carbonyl (C=O) groups excluding carboxylic acids is 1. The van der Waals surface area contributed by atoms with Crippen LogP contribution in [0.25, 0.3) is 27.7 Å². The van der Waals surface area contributed by atoms with E-state index in [1.165, 1.54) is 35.8 Å². The van der Waals surface area contributed by atoms with Gasteiger partial charge in [-0.1, -0.05) is 12.2 Å². The van der Waals surface area contributed by atoms with E-state index in [-0.39, 0.29) is 36.0 Å². The molecule has 5 N–H and O–H groups in total. The van der Waals surface area contributed by atoms with Crippen LogP contribution in [0.5, 0.6) is 34.5 Å². The predicted molar refractivity (Wildman–Crippen MR) is 305 cm³/mol. The van der Waals surface area contributed by atoms with Gasteiger partial charge in [-0.3, -0.25) is 14.4 Å². The molecule has 1 amide bonds. The number of nitrogens with two attached hydrogens (primary N) is 1. The molecule has 4 aliphatic rings. The number of halogens is 2. The Morgan fingerprint density at radius 1 is 0.771 bits per heavy atom. The number of amides is 1. The quantitative estimate of drug-likeness (QED) is 0.0712. The highest BCUT2D eigenvalue weighted by molar-refractivity contribution is 5.92. The summed E-state index contributed by atoms with van der Waals surface area (Å²) in [7, 11) is 1.93. The minimum Gasteiger partial charge on any atom is -0.488 e. The Labute approximate surface area is 472 Å². The Kier molecular flexibility index (Phi) is 13.9. The summed E-state index contributed by atoms with van der Waals surface area (Å²) in [6.45, 7) is 9.26. The van der Waals surface area contributed by atoms with Crippen molar-refractivity contribution >= 4 is 68.3 Å². The molecule has 26 heteroatoms. The van der Waals surface area contributed by atoms with Gasteiger partial charge >= 0.3 is 0 Å². The molecule has 422 valence electrons. The molecule has 0 aliphatic carbocycles. The maximum absolute atomic E-state index is 15.8. The number of aryl methyl sites for hydroxylation is 2. The Morgan fingerprint density at radius 3 is 2.11 bits per heavy atom. The Morgan fingerprint density at radius 2 is 1.41 bits per heavy atom. The summed E-state index contributed by atoms with van der Waals surface area (Å²) in [6.07, 6.45) is 14.5. The van der Waals surface area contributed by atoms with Gasteiger partial charge in [0.25, 0.3) is 0 Å². The fourth-order valence-electron chi connectivity index (χ4n) is 10.4. The number of aromatic nitrogens is 10. The Balaban J connectivity index is 0.606. The van der Waals surface area contributed by atoms with Crippen molar-refractivity contribution in [1.29, 1.82) is 0 Å². The van der Waals surface area contributed by atoms with E-state index in [0.29, 0.717) is 141 Å². The van der Waals surface area contributed by atoms with Crippen LogP contribution in [0.2, 0.25) is 0 Å². The summed E-state index contributed by atoms with van der Waals surface area (Å²) in [6, 6.07) is 16.3. The van der Waals surface area contributed by atoms with Gasteiger partial charge in [0.05, 0.1) is 34.5 Å². The number of piperazine rings is 2. The van der Waals surface area contributed by atoms with E-state index in [0.717, 1.165) is 19.6 Å². The van der Waals surface area contributed by atoms with Crippen molar-refractivity contribution in [3.63, 3.8) is 0 Å². The molecule has 2 aromatic carbocycles. The van der Waals surface area contributed by atoms with Gasteiger partial charge in [0.2, 0.25) is 5.91 Å². The third-order valence-corrected chi connectivity index (χ3v) is 14.7. The first-order valence-electron chi connectivity index (χ1n) is 26.8. The van der Waals surface area contributed by atoms with Crippen LogP contribution in [0.3, 0.4) is 0 Å². The SMILES string of the molecule is Cc1cc(Nc2ncnc3cc4c(nc23)N2CCNC(CO4)C2)c(F)cc1Oc1ccn(N)/c(=N\C=C\CN(C)C/C=C/C(=O)N2CCN3CC2COc2cc4ncnc(Nc5cc(C)c(Oc6ccn7ncnc7c6)cc5F)c4nc23)c1. The summed E-state index contributed by atoms with van der Waals surface area (Å²) >= 11 is 0. The van der Waals surface area contributed by atoms with Gasteiger partial charge in [-0.2, -0.15) is 5.10 Å². The van der Waals surface area contributed by atoms with Crippen molar-refractivity contribution in [3.8, 4) is 34.5 Å². The van der Waals surface area contributed by atoms with E-state index >= 15 is 8.78 Å². The number of likely N-dealkylation sites (N-methyl/N-ethyl adjacent to an activating group) is 1. The van der Waals surface area contributed by atoms with Crippen molar-refractivity contribution < 1.29 is 32.5 Å². The lowest BCUT2D eigenvalue weighted by atomic mass is 10.1. The minimum absolute atomic E-state index is 0.125. The molecule has 0 saturated carbocycles. The zero-order valence-corrected chi connectivity index (χ0v) is 45.3. The van der Waals surface area contributed by atoms with Gasteiger partial charge < -0.3 is 55.4 Å². The number of anilines is 6. The van der Waals surface area contributed by atoms with Gasteiger partial charge in [0.1, 0.15) is 77.9 Å². The number of hydrogen-bond donors (Lipinski definition) is 4. The van der Waals surface area contributed by atoms with Crippen molar-refractivity contribution in [1.82, 2.24) is 64.3 Å². The first kappa shape index (κ1) is 52.3. The number of benzene rings is 2. The van der Waals surface area contributed by atoms with Crippen molar-refractivity contribution in [2.24, 2.45) is 4.99 Å². The molecule has 7 aromatic heterocycles. The molecular formula is C57H55F2N19O5. The molecule has 24 nitrogen and oxygen atoms in total. The summed E-state index contributed by atoms with van der Waals surface area (Å²) < 4.78 is 59.1. The Bertz CT molecular complexity index is 4140. The molecule has 4 bridgehead atoms. The zero-order valence-electron chi connectivity index (χ0n) is 45.3. The van der Waals surface area contributed by atoms with E-state index < -0.39 is 11.6 Å². The lowest BCUT2D eigenvalue weighted by Crippen LogP contribution is -2.56. The molecule has 2 fully saturated rings. The highest BCUT2D eigenvalue weighted by Crippen LogP contribution is 2.39. The second kappa shape index (κ2) is 22.1. The van der Waals surface area contributed by atoms with Gasteiger partial charge in [-0.15, -0.1) is 0 Å². The molecule has 13 rings (SSSR count). The topological polar surface area (TPSA) is 254 Å². The highest BCUT2D eigenvalue weighted by atomic mass is 19.1. The minimum atomic E-state index is -0.555. The van der Waals surface area contributed by atoms with Crippen LogP contribution in [0.15, 0.2) is 121 Å². The average molecular weight is 1120 g/mol. The van der Waals surface area contributed by atoms with Gasteiger partial charge in [0, 0.05) is 113 Å². The summed E-state index contributed by atoms with van der Waals surface area (Å²) in [5.74, 6) is 9.71. The van der Waals surface area contributed by atoms with E-state index in [9.17, 15) is 4.79 Å². The lowest BCUT2D eigenvalue weighted by molar-refractivity contribution is -0.129. The Hall–Kier alpha value is -10.1. The zero-order chi connectivity index (χ0) is 56.7. The first-order valence-corrected chi connectivity index (χ1v) is 26.8. The number of pyridine rings is 4. The first-order chi connectivity index (χ1) is 40.4. The van der Waals surface area contributed by atoms with Crippen LogP contribution in [0, 0.1) is 25.5 Å². The molecule has 0 spiro atoms. The average Bonchev–Trinajstić information content (AvgIpc) is 4.01. The second-order valence-corrected chi connectivity index (χ2v) is 20.5. The van der Waals surface area contributed by atoms with Gasteiger partial charge in [0.15, 0.2) is 45.9 Å². The maximum atomic E-state index is 15.8. The molecule has 11 heterocycles.